The topological polar surface area (TPSA) is 105 Å². The minimum Gasteiger partial charge on any atom is -0.409 e. The van der Waals surface area contributed by atoms with Crippen LogP contribution in [0.5, 0.6) is 0 Å². The Labute approximate surface area is 126 Å². The summed E-state index contributed by atoms with van der Waals surface area (Å²) in [5.74, 6) is 0.880. The molecule has 114 valence electrons. The van der Waals surface area contributed by atoms with E-state index in [9.17, 15) is 10.1 Å². The molecule has 0 aliphatic carbocycles. The fourth-order valence-electron chi connectivity index (χ4n) is 2.36. The van der Waals surface area contributed by atoms with Crippen molar-refractivity contribution in [3.05, 3.63) is 33.9 Å². The maximum atomic E-state index is 10.9. The third-order valence-corrected chi connectivity index (χ3v) is 4.88. The van der Waals surface area contributed by atoms with Crippen LogP contribution in [0.4, 0.5) is 11.4 Å². The SMILES string of the molecule is CCC1CN(c2ccc([N+](=O)[O-])cc2/C(N)=N/O)CCS1. The predicted molar refractivity (Wildman–Crippen MR) is 84.4 cm³/mol. The Morgan fingerprint density at radius 2 is 2.43 bits per heavy atom. The third-order valence-electron chi connectivity index (χ3n) is 3.51. The number of nitro benzene ring substituents is 1. The fraction of sp³-hybridized carbons (Fsp3) is 0.462. The van der Waals surface area contributed by atoms with Crippen molar-refractivity contribution in [3.8, 4) is 0 Å². The Hall–Kier alpha value is -1.96. The molecule has 2 rings (SSSR count). The first-order valence-electron chi connectivity index (χ1n) is 6.69. The van der Waals surface area contributed by atoms with Crippen LogP contribution in [-0.4, -0.2) is 40.1 Å². The maximum Gasteiger partial charge on any atom is 0.270 e. The number of rotatable bonds is 4. The number of non-ortho nitro benzene ring substituents is 1. The van der Waals surface area contributed by atoms with Gasteiger partial charge in [0.05, 0.1) is 10.5 Å². The van der Waals surface area contributed by atoms with Gasteiger partial charge in [-0.25, -0.2) is 0 Å². The van der Waals surface area contributed by atoms with Crippen LogP contribution >= 0.6 is 11.8 Å². The van der Waals surface area contributed by atoms with Gasteiger partial charge in [0, 0.05) is 41.9 Å². The molecule has 1 aromatic carbocycles. The van der Waals surface area contributed by atoms with E-state index >= 15 is 0 Å². The molecule has 0 spiro atoms. The molecule has 1 aromatic rings. The van der Waals surface area contributed by atoms with E-state index in [-0.39, 0.29) is 11.5 Å². The Balaban J connectivity index is 2.40. The van der Waals surface area contributed by atoms with Gasteiger partial charge in [-0.2, -0.15) is 11.8 Å². The number of amidine groups is 1. The summed E-state index contributed by atoms with van der Waals surface area (Å²) in [5.41, 5.74) is 6.78. The van der Waals surface area contributed by atoms with Gasteiger partial charge >= 0.3 is 0 Å². The van der Waals surface area contributed by atoms with Crippen LogP contribution in [-0.2, 0) is 0 Å². The molecule has 1 unspecified atom stereocenters. The number of thioether (sulfide) groups is 1. The lowest BCUT2D eigenvalue weighted by Crippen LogP contribution is -2.38. The minimum atomic E-state index is -0.487. The number of nitrogens with two attached hydrogens (primary N) is 1. The number of hydrogen-bond acceptors (Lipinski definition) is 6. The normalized spacial score (nSPS) is 19.6. The lowest BCUT2D eigenvalue weighted by Gasteiger charge is -2.34. The Kier molecular flexibility index (Phi) is 4.89. The highest BCUT2D eigenvalue weighted by molar-refractivity contribution is 8.00. The molecule has 1 atom stereocenters. The lowest BCUT2D eigenvalue weighted by molar-refractivity contribution is -0.384. The van der Waals surface area contributed by atoms with Crippen molar-refractivity contribution in [2.45, 2.75) is 18.6 Å². The molecular formula is C13H18N4O3S. The van der Waals surface area contributed by atoms with E-state index < -0.39 is 4.92 Å². The summed E-state index contributed by atoms with van der Waals surface area (Å²) in [6.45, 7) is 3.83. The standard InChI is InChI=1S/C13H18N4O3S/c1-2-10-8-16(5-6-21-10)12-4-3-9(17(19)20)7-11(12)13(14)15-18/h3-4,7,10,18H,2,5-6,8H2,1H3,(H2,14,15). The molecule has 3 N–H and O–H groups in total. The van der Waals surface area contributed by atoms with Gasteiger partial charge in [0.1, 0.15) is 0 Å². The van der Waals surface area contributed by atoms with Crippen molar-refractivity contribution in [2.75, 3.05) is 23.7 Å². The van der Waals surface area contributed by atoms with Crippen molar-refractivity contribution >= 4 is 29.0 Å². The zero-order valence-corrected chi connectivity index (χ0v) is 12.5. The zero-order valence-electron chi connectivity index (χ0n) is 11.7. The van der Waals surface area contributed by atoms with Crippen LogP contribution < -0.4 is 10.6 Å². The average molecular weight is 310 g/mol. The maximum absolute atomic E-state index is 10.9. The number of nitrogens with zero attached hydrogens (tertiary/aromatic N) is 3. The van der Waals surface area contributed by atoms with Crippen LogP contribution in [0.25, 0.3) is 0 Å². The largest absolute Gasteiger partial charge is 0.409 e. The molecule has 1 saturated heterocycles. The van der Waals surface area contributed by atoms with E-state index in [1.54, 1.807) is 6.07 Å². The van der Waals surface area contributed by atoms with Crippen LogP contribution in [0, 0.1) is 10.1 Å². The van der Waals surface area contributed by atoms with Gasteiger partial charge < -0.3 is 15.8 Å². The molecular weight excluding hydrogens is 292 g/mol. The first kappa shape index (κ1) is 15.4. The molecule has 0 amide bonds. The monoisotopic (exact) mass is 310 g/mol. The summed E-state index contributed by atoms with van der Waals surface area (Å²) in [7, 11) is 0. The second-order valence-corrected chi connectivity index (χ2v) is 6.20. The minimum absolute atomic E-state index is 0.0706. The van der Waals surface area contributed by atoms with E-state index in [2.05, 4.69) is 17.0 Å². The average Bonchev–Trinajstić information content (AvgIpc) is 2.53. The summed E-state index contributed by atoms with van der Waals surface area (Å²) >= 11 is 1.93. The molecule has 21 heavy (non-hydrogen) atoms. The van der Waals surface area contributed by atoms with Gasteiger partial charge in [0.2, 0.25) is 0 Å². The summed E-state index contributed by atoms with van der Waals surface area (Å²) in [5, 5.41) is 23.3. The Morgan fingerprint density at radius 3 is 3.05 bits per heavy atom. The highest BCUT2D eigenvalue weighted by Crippen LogP contribution is 2.30. The lowest BCUT2D eigenvalue weighted by atomic mass is 10.1. The second kappa shape index (κ2) is 6.66. The van der Waals surface area contributed by atoms with Crippen LogP contribution in [0.15, 0.2) is 23.4 Å². The van der Waals surface area contributed by atoms with Gasteiger partial charge in [-0.15, -0.1) is 0 Å². The van der Waals surface area contributed by atoms with E-state index in [4.69, 9.17) is 10.9 Å². The fourth-order valence-corrected chi connectivity index (χ4v) is 3.54. The van der Waals surface area contributed by atoms with Crippen molar-refractivity contribution in [2.24, 2.45) is 10.9 Å². The highest BCUT2D eigenvalue weighted by Gasteiger charge is 2.23. The highest BCUT2D eigenvalue weighted by atomic mass is 32.2. The van der Waals surface area contributed by atoms with Crippen molar-refractivity contribution in [3.63, 3.8) is 0 Å². The van der Waals surface area contributed by atoms with Gasteiger partial charge in [-0.1, -0.05) is 12.1 Å². The number of hydrogen-bond donors (Lipinski definition) is 2. The van der Waals surface area contributed by atoms with E-state index in [1.165, 1.54) is 12.1 Å². The second-order valence-electron chi connectivity index (χ2n) is 4.79. The van der Waals surface area contributed by atoms with Gasteiger partial charge in [0.25, 0.3) is 5.69 Å². The zero-order chi connectivity index (χ0) is 15.4. The number of benzene rings is 1. The summed E-state index contributed by atoms with van der Waals surface area (Å²) in [6.07, 6.45) is 1.06. The van der Waals surface area contributed by atoms with Crippen LogP contribution in [0.3, 0.4) is 0 Å². The van der Waals surface area contributed by atoms with Crippen molar-refractivity contribution < 1.29 is 10.1 Å². The summed E-state index contributed by atoms with van der Waals surface area (Å²) < 4.78 is 0. The smallest absolute Gasteiger partial charge is 0.270 e. The van der Waals surface area contributed by atoms with Crippen LogP contribution in [0.1, 0.15) is 18.9 Å². The summed E-state index contributed by atoms with van der Waals surface area (Å²) in [6, 6.07) is 4.48. The predicted octanol–water partition coefficient (Wildman–Crippen LogP) is 2.02. The van der Waals surface area contributed by atoms with Crippen LogP contribution in [0.2, 0.25) is 0 Å². The Morgan fingerprint density at radius 1 is 1.67 bits per heavy atom. The van der Waals surface area contributed by atoms with E-state index in [1.807, 2.05) is 11.8 Å². The third kappa shape index (κ3) is 3.38. The molecule has 0 aromatic heterocycles. The molecule has 7 nitrogen and oxygen atoms in total. The molecule has 1 aliphatic heterocycles. The van der Waals surface area contributed by atoms with Crippen molar-refractivity contribution in [1.29, 1.82) is 0 Å². The molecule has 1 fully saturated rings. The number of oxime groups is 1. The summed E-state index contributed by atoms with van der Waals surface area (Å²) in [4.78, 5) is 12.5. The molecule has 0 bridgehead atoms. The quantitative estimate of drug-likeness (QED) is 0.290. The molecule has 0 saturated carbocycles. The number of nitro groups is 1. The van der Waals surface area contributed by atoms with Gasteiger partial charge in [0.15, 0.2) is 5.84 Å². The first-order valence-corrected chi connectivity index (χ1v) is 7.74. The molecule has 1 aliphatic rings. The van der Waals surface area contributed by atoms with Gasteiger partial charge in [-0.05, 0) is 12.5 Å². The number of anilines is 1. The molecule has 0 radical (unpaired) electrons. The molecule has 8 heteroatoms. The Bertz CT molecular complexity index is 564. The molecule has 1 heterocycles. The van der Waals surface area contributed by atoms with Crippen molar-refractivity contribution in [1.82, 2.24) is 0 Å². The van der Waals surface area contributed by atoms with E-state index in [0.717, 1.165) is 31.0 Å². The first-order chi connectivity index (χ1) is 10.1. The van der Waals surface area contributed by atoms with E-state index in [0.29, 0.717) is 10.8 Å². The van der Waals surface area contributed by atoms with Gasteiger partial charge in [-0.3, -0.25) is 10.1 Å².